The van der Waals surface area contributed by atoms with Crippen LogP contribution in [-0.2, 0) is 9.59 Å². The minimum absolute atomic E-state index is 0.0284. The molecule has 0 unspecified atom stereocenters. The van der Waals surface area contributed by atoms with Crippen LogP contribution in [0, 0.1) is 13.8 Å². The smallest absolute Gasteiger partial charge is 0.322 e. The summed E-state index contributed by atoms with van der Waals surface area (Å²) in [6.07, 6.45) is 0. The summed E-state index contributed by atoms with van der Waals surface area (Å²) in [4.78, 5) is 46.7. The van der Waals surface area contributed by atoms with Crippen molar-refractivity contribution in [2.75, 3.05) is 52.4 Å². The Morgan fingerprint density at radius 2 is 1.78 bits per heavy atom. The van der Waals surface area contributed by atoms with E-state index in [2.05, 4.69) is 23.2 Å². The average Bonchev–Trinajstić information content (AvgIpc) is 3.09. The zero-order valence-corrected chi connectivity index (χ0v) is 19.5. The molecule has 1 aromatic rings. The highest BCUT2D eigenvalue weighted by Crippen LogP contribution is 2.37. The molecule has 0 radical (unpaired) electrons. The number of nitrogens with zero attached hydrogens (tertiary/aromatic N) is 4. The van der Waals surface area contributed by atoms with Crippen molar-refractivity contribution in [3.63, 3.8) is 0 Å². The van der Waals surface area contributed by atoms with Gasteiger partial charge in [-0.3, -0.25) is 14.5 Å². The van der Waals surface area contributed by atoms with E-state index in [-0.39, 0.29) is 30.9 Å². The standard InChI is InChI=1S/C24H33N5O3/c1-5-26-9-11-27(12-10-26)20(30)15-28-14-19-21(23(28)31)22(25-24(32)29(19)6-2)18-8-7-16(3)13-17(18)4/h7-8,13,22H,5-6,9-12,14-15H2,1-4H3,(H,25,32)/t22-/m0/s1. The van der Waals surface area contributed by atoms with Gasteiger partial charge < -0.3 is 20.0 Å². The molecule has 1 N–H and O–H groups in total. The molecule has 1 fully saturated rings. The Bertz CT molecular complexity index is 964. The molecule has 3 aliphatic rings. The van der Waals surface area contributed by atoms with E-state index in [4.69, 9.17) is 0 Å². The van der Waals surface area contributed by atoms with Crippen LogP contribution in [0.3, 0.4) is 0 Å². The maximum absolute atomic E-state index is 13.5. The number of benzene rings is 1. The molecule has 32 heavy (non-hydrogen) atoms. The summed E-state index contributed by atoms with van der Waals surface area (Å²) in [5, 5.41) is 3.03. The van der Waals surface area contributed by atoms with E-state index in [0.717, 1.165) is 42.0 Å². The van der Waals surface area contributed by atoms with Crippen LogP contribution in [-0.4, -0.2) is 89.8 Å². The third-order valence-electron chi connectivity index (χ3n) is 6.85. The molecule has 0 aromatic heterocycles. The van der Waals surface area contributed by atoms with Gasteiger partial charge in [0.2, 0.25) is 5.91 Å². The topological polar surface area (TPSA) is 76.2 Å². The molecule has 3 aliphatic heterocycles. The van der Waals surface area contributed by atoms with E-state index >= 15 is 0 Å². The van der Waals surface area contributed by atoms with Crippen LogP contribution >= 0.6 is 0 Å². The number of likely N-dealkylation sites (N-methyl/N-ethyl adjacent to an activating group) is 2. The minimum atomic E-state index is -0.499. The molecular formula is C24H33N5O3. The molecule has 1 atom stereocenters. The Labute approximate surface area is 189 Å². The lowest BCUT2D eigenvalue weighted by atomic mass is 9.91. The molecular weight excluding hydrogens is 406 g/mol. The highest BCUT2D eigenvalue weighted by Gasteiger charge is 2.44. The predicted molar refractivity (Wildman–Crippen MR) is 122 cm³/mol. The Hall–Kier alpha value is -2.87. The largest absolute Gasteiger partial charge is 0.339 e. The van der Waals surface area contributed by atoms with Crippen molar-refractivity contribution >= 4 is 17.8 Å². The summed E-state index contributed by atoms with van der Waals surface area (Å²) in [5.41, 5.74) is 4.38. The Morgan fingerprint density at radius 3 is 2.41 bits per heavy atom. The Kier molecular flexibility index (Phi) is 6.24. The number of aryl methyl sites for hydroxylation is 2. The van der Waals surface area contributed by atoms with Gasteiger partial charge in [-0.25, -0.2) is 4.79 Å². The second-order valence-electron chi connectivity index (χ2n) is 8.82. The number of urea groups is 1. The summed E-state index contributed by atoms with van der Waals surface area (Å²) < 4.78 is 0. The Morgan fingerprint density at radius 1 is 1.06 bits per heavy atom. The second-order valence-corrected chi connectivity index (χ2v) is 8.82. The van der Waals surface area contributed by atoms with Crippen molar-refractivity contribution in [3.05, 3.63) is 46.2 Å². The van der Waals surface area contributed by atoms with Crippen LogP contribution in [0.15, 0.2) is 29.5 Å². The molecule has 8 nitrogen and oxygen atoms in total. The van der Waals surface area contributed by atoms with Crippen molar-refractivity contribution in [2.24, 2.45) is 0 Å². The summed E-state index contributed by atoms with van der Waals surface area (Å²) in [6.45, 7) is 12.9. The lowest BCUT2D eigenvalue weighted by molar-refractivity contribution is -0.138. The number of nitrogens with one attached hydrogen (secondary N) is 1. The molecule has 4 rings (SSSR count). The van der Waals surface area contributed by atoms with E-state index < -0.39 is 6.04 Å². The molecule has 4 amide bonds. The van der Waals surface area contributed by atoms with Gasteiger partial charge in [-0.15, -0.1) is 0 Å². The van der Waals surface area contributed by atoms with Gasteiger partial charge in [0.25, 0.3) is 5.91 Å². The highest BCUT2D eigenvalue weighted by molar-refractivity contribution is 6.03. The molecule has 0 bridgehead atoms. The number of carbonyl (C=O) groups is 3. The van der Waals surface area contributed by atoms with Crippen molar-refractivity contribution < 1.29 is 14.4 Å². The van der Waals surface area contributed by atoms with E-state index in [1.807, 2.05) is 37.8 Å². The first-order chi connectivity index (χ1) is 15.3. The first kappa shape index (κ1) is 22.3. The fourth-order valence-corrected chi connectivity index (χ4v) is 4.97. The Balaban J connectivity index is 1.56. The number of rotatable bonds is 5. The third-order valence-corrected chi connectivity index (χ3v) is 6.85. The number of piperazine rings is 1. The van der Waals surface area contributed by atoms with Crippen LogP contribution in [0.4, 0.5) is 4.79 Å². The molecule has 0 saturated carbocycles. The van der Waals surface area contributed by atoms with Gasteiger partial charge in [-0.1, -0.05) is 30.7 Å². The number of hydrogen-bond donors (Lipinski definition) is 1. The van der Waals surface area contributed by atoms with E-state index in [0.29, 0.717) is 25.2 Å². The van der Waals surface area contributed by atoms with Crippen molar-refractivity contribution in [1.29, 1.82) is 0 Å². The molecule has 0 aliphatic carbocycles. The molecule has 3 heterocycles. The maximum atomic E-state index is 13.5. The predicted octanol–water partition coefficient (Wildman–Crippen LogP) is 1.65. The van der Waals surface area contributed by atoms with Gasteiger partial charge in [0.05, 0.1) is 23.9 Å². The SMILES string of the molecule is CCN1CCN(C(=O)CN2CC3=C(C2=O)[C@H](c2ccc(C)cc2C)NC(=O)N3CC)CC1. The fraction of sp³-hybridized carbons (Fsp3) is 0.542. The molecule has 0 spiro atoms. The lowest BCUT2D eigenvalue weighted by Crippen LogP contribution is -2.51. The van der Waals surface area contributed by atoms with Gasteiger partial charge in [0.15, 0.2) is 0 Å². The van der Waals surface area contributed by atoms with Gasteiger partial charge in [-0.05, 0) is 38.4 Å². The molecule has 1 aromatic carbocycles. The van der Waals surface area contributed by atoms with Crippen LogP contribution < -0.4 is 5.32 Å². The van der Waals surface area contributed by atoms with Crippen LogP contribution in [0.2, 0.25) is 0 Å². The summed E-state index contributed by atoms with van der Waals surface area (Å²) in [5.74, 6) is -0.191. The first-order valence-electron chi connectivity index (χ1n) is 11.5. The van der Waals surface area contributed by atoms with Gasteiger partial charge >= 0.3 is 6.03 Å². The normalized spacial score (nSPS) is 21.9. The monoisotopic (exact) mass is 439 g/mol. The number of hydrogen-bond acceptors (Lipinski definition) is 4. The molecule has 172 valence electrons. The third kappa shape index (κ3) is 3.99. The summed E-state index contributed by atoms with van der Waals surface area (Å²) >= 11 is 0. The average molecular weight is 440 g/mol. The van der Waals surface area contributed by atoms with Crippen molar-refractivity contribution in [1.82, 2.24) is 24.9 Å². The second kappa shape index (κ2) is 8.94. The molecule has 1 saturated heterocycles. The zero-order chi connectivity index (χ0) is 23.0. The number of amides is 4. The van der Waals surface area contributed by atoms with E-state index in [1.165, 1.54) is 0 Å². The number of carbonyl (C=O) groups excluding carboxylic acids is 3. The van der Waals surface area contributed by atoms with Gasteiger partial charge in [-0.2, -0.15) is 0 Å². The van der Waals surface area contributed by atoms with Crippen LogP contribution in [0.1, 0.15) is 36.6 Å². The van der Waals surface area contributed by atoms with E-state index in [1.54, 1.807) is 9.80 Å². The van der Waals surface area contributed by atoms with Crippen molar-refractivity contribution in [2.45, 2.75) is 33.7 Å². The minimum Gasteiger partial charge on any atom is -0.339 e. The zero-order valence-electron chi connectivity index (χ0n) is 19.5. The molecule has 8 heteroatoms. The quantitative estimate of drug-likeness (QED) is 0.757. The maximum Gasteiger partial charge on any atom is 0.322 e. The van der Waals surface area contributed by atoms with Crippen LogP contribution in [0.5, 0.6) is 0 Å². The van der Waals surface area contributed by atoms with Crippen molar-refractivity contribution in [3.8, 4) is 0 Å². The highest BCUT2D eigenvalue weighted by atomic mass is 16.2. The fourth-order valence-electron chi connectivity index (χ4n) is 4.97. The first-order valence-corrected chi connectivity index (χ1v) is 11.5. The van der Waals surface area contributed by atoms with E-state index in [9.17, 15) is 14.4 Å². The summed E-state index contributed by atoms with van der Waals surface area (Å²) in [7, 11) is 0. The van der Waals surface area contributed by atoms with Crippen LogP contribution in [0.25, 0.3) is 0 Å². The van der Waals surface area contributed by atoms with Gasteiger partial charge in [0.1, 0.15) is 6.54 Å². The summed E-state index contributed by atoms with van der Waals surface area (Å²) in [6, 6.07) is 5.34. The lowest BCUT2D eigenvalue weighted by Gasteiger charge is -2.34. The van der Waals surface area contributed by atoms with Gasteiger partial charge in [0, 0.05) is 32.7 Å².